The number of hydrogen-bond donors (Lipinski definition) is 0. The minimum absolute atomic E-state index is 0.0818. The molecule has 0 unspecified atom stereocenters. The number of carbonyl (C=O) groups is 1. The zero-order chi connectivity index (χ0) is 16.1. The van der Waals surface area contributed by atoms with Gasteiger partial charge in [-0.25, -0.2) is 4.39 Å². The van der Waals surface area contributed by atoms with Crippen molar-refractivity contribution in [3.05, 3.63) is 71.5 Å². The van der Waals surface area contributed by atoms with Gasteiger partial charge >= 0.3 is 0 Å². The monoisotopic (exact) mass is 312 g/mol. The number of rotatable bonds is 3. The number of hydrogen-bond acceptors (Lipinski definition) is 2. The quantitative estimate of drug-likeness (QED) is 0.869. The summed E-state index contributed by atoms with van der Waals surface area (Å²) in [7, 11) is 0. The van der Waals surface area contributed by atoms with Gasteiger partial charge in [-0.05, 0) is 24.6 Å². The van der Waals surface area contributed by atoms with Crippen molar-refractivity contribution in [3.8, 4) is 0 Å². The Balaban J connectivity index is 1.61. The molecule has 4 heteroatoms. The lowest BCUT2D eigenvalue weighted by Gasteiger charge is -2.22. The van der Waals surface area contributed by atoms with Crippen LogP contribution in [0.2, 0.25) is 0 Å². The molecule has 3 rings (SSSR count). The van der Waals surface area contributed by atoms with Crippen LogP contribution in [-0.2, 0) is 6.54 Å². The van der Waals surface area contributed by atoms with Crippen LogP contribution in [0, 0.1) is 5.82 Å². The maximum absolute atomic E-state index is 13.8. The number of amides is 1. The number of halogens is 1. The van der Waals surface area contributed by atoms with E-state index in [0.29, 0.717) is 13.1 Å². The molecule has 0 bridgehead atoms. The number of carbonyl (C=O) groups excluding carboxylic acids is 1. The zero-order valence-electron chi connectivity index (χ0n) is 13.1. The molecule has 1 fully saturated rings. The van der Waals surface area contributed by atoms with Crippen LogP contribution in [0.25, 0.3) is 0 Å². The van der Waals surface area contributed by atoms with Gasteiger partial charge in [-0.2, -0.15) is 0 Å². The Morgan fingerprint density at radius 3 is 2.43 bits per heavy atom. The molecule has 0 saturated carbocycles. The van der Waals surface area contributed by atoms with Crippen molar-refractivity contribution in [1.29, 1.82) is 0 Å². The molecule has 1 saturated heterocycles. The van der Waals surface area contributed by atoms with Gasteiger partial charge in [-0.15, -0.1) is 0 Å². The van der Waals surface area contributed by atoms with E-state index in [-0.39, 0.29) is 11.7 Å². The summed E-state index contributed by atoms with van der Waals surface area (Å²) in [4.78, 5) is 16.6. The summed E-state index contributed by atoms with van der Waals surface area (Å²) in [5.41, 5.74) is 1.45. The van der Waals surface area contributed by atoms with E-state index in [1.54, 1.807) is 6.07 Å². The van der Waals surface area contributed by atoms with Crippen molar-refractivity contribution >= 4 is 5.91 Å². The predicted molar refractivity (Wildman–Crippen MR) is 88.6 cm³/mol. The third-order valence-electron chi connectivity index (χ3n) is 4.25. The van der Waals surface area contributed by atoms with Crippen LogP contribution >= 0.6 is 0 Å². The second-order valence-electron chi connectivity index (χ2n) is 5.88. The molecule has 1 aliphatic heterocycles. The summed E-state index contributed by atoms with van der Waals surface area (Å²) < 4.78 is 13.8. The SMILES string of the molecule is O=C(c1ccccc1)N1CCCN(Cc2ccccc2F)CC1. The lowest BCUT2D eigenvalue weighted by atomic mass is 10.2. The smallest absolute Gasteiger partial charge is 0.253 e. The molecule has 1 amide bonds. The van der Waals surface area contributed by atoms with E-state index >= 15 is 0 Å². The average Bonchev–Trinajstić information content (AvgIpc) is 2.83. The first-order valence-corrected chi connectivity index (χ1v) is 8.04. The van der Waals surface area contributed by atoms with Crippen molar-refractivity contribution in [2.24, 2.45) is 0 Å². The van der Waals surface area contributed by atoms with Gasteiger partial charge < -0.3 is 4.90 Å². The fraction of sp³-hybridized carbons (Fsp3) is 0.316. The molecular weight excluding hydrogens is 291 g/mol. The van der Waals surface area contributed by atoms with E-state index in [1.807, 2.05) is 47.4 Å². The lowest BCUT2D eigenvalue weighted by Crippen LogP contribution is -2.35. The lowest BCUT2D eigenvalue weighted by molar-refractivity contribution is 0.0761. The molecule has 1 heterocycles. The maximum Gasteiger partial charge on any atom is 0.253 e. The average molecular weight is 312 g/mol. The summed E-state index contributed by atoms with van der Waals surface area (Å²) in [6.45, 7) is 3.68. The minimum atomic E-state index is -0.158. The summed E-state index contributed by atoms with van der Waals surface area (Å²) in [6.07, 6.45) is 0.910. The van der Waals surface area contributed by atoms with Gasteiger partial charge in [0.1, 0.15) is 5.82 Å². The van der Waals surface area contributed by atoms with Crippen molar-refractivity contribution in [2.45, 2.75) is 13.0 Å². The summed E-state index contributed by atoms with van der Waals surface area (Å²) in [5.74, 6) is -0.0766. The second-order valence-corrected chi connectivity index (χ2v) is 5.88. The highest BCUT2D eigenvalue weighted by molar-refractivity contribution is 5.94. The molecule has 2 aromatic rings. The van der Waals surface area contributed by atoms with Crippen molar-refractivity contribution < 1.29 is 9.18 Å². The van der Waals surface area contributed by atoms with E-state index < -0.39 is 0 Å². The fourth-order valence-electron chi connectivity index (χ4n) is 2.96. The van der Waals surface area contributed by atoms with Gasteiger partial charge in [0.15, 0.2) is 0 Å². The Morgan fingerprint density at radius 2 is 1.65 bits per heavy atom. The van der Waals surface area contributed by atoms with Crippen LogP contribution < -0.4 is 0 Å². The number of benzene rings is 2. The minimum Gasteiger partial charge on any atom is -0.337 e. The van der Waals surface area contributed by atoms with E-state index in [0.717, 1.165) is 37.2 Å². The Bertz CT molecular complexity index is 659. The van der Waals surface area contributed by atoms with Crippen LogP contribution in [0.4, 0.5) is 4.39 Å². The first-order valence-electron chi connectivity index (χ1n) is 8.04. The number of nitrogens with zero attached hydrogens (tertiary/aromatic N) is 2. The fourth-order valence-corrected chi connectivity index (χ4v) is 2.96. The van der Waals surface area contributed by atoms with Crippen LogP contribution in [0.3, 0.4) is 0 Å². The third-order valence-corrected chi connectivity index (χ3v) is 4.25. The molecule has 3 nitrogen and oxygen atoms in total. The largest absolute Gasteiger partial charge is 0.337 e. The molecule has 0 aromatic heterocycles. The van der Waals surface area contributed by atoms with Crippen molar-refractivity contribution in [3.63, 3.8) is 0 Å². The van der Waals surface area contributed by atoms with E-state index in [4.69, 9.17) is 0 Å². The molecule has 0 radical (unpaired) electrons. The van der Waals surface area contributed by atoms with Crippen LogP contribution in [0.5, 0.6) is 0 Å². The van der Waals surface area contributed by atoms with E-state index in [9.17, 15) is 9.18 Å². The first-order chi connectivity index (χ1) is 11.2. The summed E-state index contributed by atoms with van der Waals surface area (Å²) in [6, 6.07) is 16.3. The summed E-state index contributed by atoms with van der Waals surface area (Å²) in [5, 5.41) is 0. The summed E-state index contributed by atoms with van der Waals surface area (Å²) >= 11 is 0. The van der Waals surface area contributed by atoms with Gasteiger partial charge in [0.05, 0.1) is 0 Å². The molecule has 0 spiro atoms. The van der Waals surface area contributed by atoms with Gasteiger partial charge in [0.2, 0.25) is 0 Å². The van der Waals surface area contributed by atoms with E-state index in [1.165, 1.54) is 6.07 Å². The molecular formula is C19H21FN2O. The predicted octanol–water partition coefficient (Wildman–Crippen LogP) is 3.17. The highest BCUT2D eigenvalue weighted by Crippen LogP contribution is 2.14. The third kappa shape index (κ3) is 3.96. The van der Waals surface area contributed by atoms with Gasteiger partial charge in [0.25, 0.3) is 5.91 Å². The topological polar surface area (TPSA) is 23.6 Å². The van der Waals surface area contributed by atoms with Crippen LogP contribution in [0.15, 0.2) is 54.6 Å². The van der Waals surface area contributed by atoms with Gasteiger partial charge in [-0.1, -0.05) is 36.4 Å². The molecule has 1 aliphatic rings. The first kappa shape index (κ1) is 15.7. The highest BCUT2D eigenvalue weighted by Gasteiger charge is 2.20. The van der Waals surface area contributed by atoms with Crippen LogP contribution in [-0.4, -0.2) is 41.9 Å². The normalized spacial score (nSPS) is 16.1. The van der Waals surface area contributed by atoms with E-state index in [2.05, 4.69) is 4.90 Å². The standard InChI is InChI=1S/C19H21FN2O/c20-18-10-5-4-9-17(18)15-21-11-6-12-22(14-13-21)19(23)16-7-2-1-3-8-16/h1-5,7-10H,6,11-15H2. The van der Waals surface area contributed by atoms with Gasteiger partial charge in [0, 0.05) is 43.9 Å². The molecule has 2 aromatic carbocycles. The van der Waals surface area contributed by atoms with Crippen molar-refractivity contribution in [2.75, 3.05) is 26.2 Å². The maximum atomic E-state index is 13.8. The van der Waals surface area contributed by atoms with Crippen molar-refractivity contribution in [1.82, 2.24) is 9.80 Å². The second kappa shape index (κ2) is 7.38. The molecule has 120 valence electrons. The molecule has 0 atom stereocenters. The Hall–Kier alpha value is -2.20. The van der Waals surface area contributed by atoms with Gasteiger partial charge in [-0.3, -0.25) is 9.69 Å². The Kier molecular flexibility index (Phi) is 5.03. The zero-order valence-corrected chi connectivity index (χ0v) is 13.1. The molecule has 0 N–H and O–H groups in total. The highest BCUT2D eigenvalue weighted by atomic mass is 19.1. The van der Waals surface area contributed by atoms with Crippen LogP contribution in [0.1, 0.15) is 22.3 Å². The molecule has 23 heavy (non-hydrogen) atoms. The molecule has 0 aliphatic carbocycles. The Labute approximate surface area is 136 Å². The Morgan fingerprint density at radius 1 is 0.913 bits per heavy atom.